The minimum absolute atomic E-state index is 0.0280. The van der Waals surface area contributed by atoms with Crippen molar-refractivity contribution in [2.45, 2.75) is 64.5 Å². The maximum Gasteiger partial charge on any atom is 0.223 e. The molecule has 1 aliphatic rings. The van der Waals surface area contributed by atoms with Crippen LogP contribution in [0.3, 0.4) is 0 Å². The second-order valence-electron chi connectivity index (χ2n) is 7.11. The molecule has 1 saturated heterocycles. The van der Waals surface area contributed by atoms with E-state index in [0.29, 0.717) is 6.42 Å². The number of nitrogens with zero attached hydrogens (tertiary/aromatic N) is 1. The minimum atomic E-state index is 0.0280. The zero-order chi connectivity index (χ0) is 15.6. The predicted octanol–water partition coefficient (Wildman–Crippen LogP) is 3.38. The molecular weight excluding hydrogens is 260 g/mol. The van der Waals surface area contributed by atoms with Crippen LogP contribution in [0.4, 0.5) is 0 Å². The first-order valence-electron chi connectivity index (χ1n) is 8.00. The molecule has 0 aliphatic carbocycles. The number of hydrogen-bond donors (Lipinski definition) is 1. The Balaban J connectivity index is 2.30. The molecule has 21 heavy (non-hydrogen) atoms. The normalized spacial score (nSPS) is 23.5. The molecule has 0 radical (unpaired) electrons. The van der Waals surface area contributed by atoms with Gasteiger partial charge in [0.1, 0.15) is 0 Å². The Bertz CT molecular complexity index is 487. The van der Waals surface area contributed by atoms with E-state index in [9.17, 15) is 4.79 Å². The van der Waals surface area contributed by atoms with E-state index in [1.165, 1.54) is 5.56 Å². The Morgan fingerprint density at radius 1 is 1.24 bits per heavy atom. The van der Waals surface area contributed by atoms with Gasteiger partial charge in [-0.3, -0.25) is 4.79 Å². The van der Waals surface area contributed by atoms with Crippen LogP contribution >= 0.6 is 0 Å². The number of piperidine rings is 1. The summed E-state index contributed by atoms with van der Waals surface area (Å²) in [4.78, 5) is 14.2. The summed E-state index contributed by atoms with van der Waals surface area (Å²) in [5.41, 5.74) is 8.94. The summed E-state index contributed by atoms with van der Waals surface area (Å²) in [5, 5.41) is 0. The predicted molar refractivity (Wildman–Crippen MR) is 87.1 cm³/mol. The van der Waals surface area contributed by atoms with Gasteiger partial charge >= 0.3 is 0 Å². The number of carbonyl (C=O) groups excluding carboxylic acids is 1. The number of hydrogen-bond acceptors (Lipinski definition) is 2. The van der Waals surface area contributed by atoms with Crippen molar-refractivity contribution in [3.05, 3.63) is 35.4 Å². The number of carbonyl (C=O) groups is 1. The van der Waals surface area contributed by atoms with E-state index in [-0.39, 0.29) is 23.4 Å². The number of rotatable bonds is 3. The molecule has 2 atom stereocenters. The van der Waals surface area contributed by atoms with Gasteiger partial charge in [0, 0.05) is 19.0 Å². The van der Waals surface area contributed by atoms with Gasteiger partial charge in [0.2, 0.25) is 5.91 Å². The topological polar surface area (TPSA) is 46.3 Å². The highest BCUT2D eigenvalue weighted by Gasteiger charge is 2.34. The van der Waals surface area contributed by atoms with Gasteiger partial charge in [-0.1, -0.05) is 52.0 Å². The van der Waals surface area contributed by atoms with E-state index < -0.39 is 0 Å². The van der Waals surface area contributed by atoms with Crippen molar-refractivity contribution in [3.63, 3.8) is 0 Å². The molecule has 3 nitrogen and oxygen atoms in total. The van der Waals surface area contributed by atoms with Crippen molar-refractivity contribution < 1.29 is 4.79 Å². The number of nitrogens with two attached hydrogens (primary N) is 1. The molecule has 116 valence electrons. The summed E-state index contributed by atoms with van der Waals surface area (Å²) < 4.78 is 0. The van der Waals surface area contributed by atoms with Gasteiger partial charge in [-0.2, -0.15) is 0 Å². The molecule has 1 aromatic carbocycles. The fourth-order valence-corrected chi connectivity index (χ4v) is 3.09. The summed E-state index contributed by atoms with van der Waals surface area (Å²) in [5.74, 6) is 0.239. The van der Waals surface area contributed by atoms with Crippen LogP contribution in [0, 0.1) is 0 Å². The molecule has 1 fully saturated rings. The number of amides is 1. The first kappa shape index (κ1) is 16.0. The van der Waals surface area contributed by atoms with E-state index in [0.717, 1.165) is 24.9 Å². The van der Waals surface area contributed by atoms with Gasteiger partial charge in [0.05, 0.1) is 6.04 Å². The Morgan fingerprint density at radius 2 is 1.86 bits per heavy atom. The molecule has 3 heteroatoms. The highest BCUT2D eigenvalue weighted by molar-refractivity contribution is 5.78. The summed E-state index contributed by atoms with van der Waals surface area (Å²) in [7, 11) is 0. The van der Waals surface area contributed by atoms with Crippen molar-refractivity contribution in [1.82, 2.24) is 4.90 Å². The van der Waals surface area contributed by atoms with Crippen LogP contribution in [0.5, 0.6) is 0 Å². The molecule has 0 aromatic heterocycles. The van der Waals surface area contributed by atoms with Crippen LogP contribution in [-0.2, 0) is 10.2 Å². The lowest BCUT2D eigenvalue weighted by Crippen LogP contribution is -2.49. The van der Waals surface area contributed by atoms with E-state index >= 15 is 0 Å². The molecule has 2 rings (SSSR count). The number of benzene rings is 1. The molecule has 1 amide bonds. The Labute approximate surface area is 128 Å². The van der Waals surface area contributed by atoms with Crippen molar-refractivity contribution >= 4 is 5.91 Å². The Hall–Kier alpha value is -1.35. The largest absolute Gasteiger partial charge is 0.334 e. The Kier molecular flexibility index (Phi) is 4.72. The van der Waals surface area contributed by atoms with Crippen LogP contribution in [-0.4, -0.2) is 23.4 Å². The average Bonchev–Trinajstić information content (AvgIpc) is 2.43. The van der Waals surface area contributed by atoms with E-state index in [1.807, 2.05) is 4.90 Å². The average molecular weight is 288 g/mol. The molecule has 0 saturated carbocycles. The second-order valence-corrected chi connectivity index (χ2v) is 7.11. The first-order valence-corrected chi connectivity index (χ1v) is 8.00. The first-order chi connectivity index (χ1) is 9.84. The molecule has 2 N–H and O–H groups in total. The van der Waals surface area contributed by atoms with E-state index in [1.54, 1.807) is 0 Å². The van der Waals surface area contributed by atoms with Crippen LogP contribution in [0.25, 0.3) is 0 Å². The fraction of sp³-hybridized carbons (Fsp3) is 0.611. The third kappa shape index (κ3) is 3.46. The van der Waals surface area contributed by atoms with Crippen LogP contribution in [0.2, 0.25) is 0 Å². The van der Waals surface area contributed by atoms with Crippen LogP contribution < -0.4 is 5.73 Å². The van der Waals surface area contributed by atoms with Gasteiger partial charge < -0.3 is 10.6 Å². The highest BCUT2D eigenvalue weighted by atomic mass is 16.2. The lowest BCUT2D eigenvalue weighted by atomic mass is 9.84. The van der Waals surface area contributed by atoms with Crippen molar-refractivity contribution in [2.75, 3.05) is 6.54 Å². The van der Waals surface area contributed by atoms with Gasteiger partial charge in [-0.05, 0) is 29.4 Å². The molecule has 1 aromatic rings. The smallest absolute Gasteiger partial charge is 0.223 e. The maximum atomic E-state index is 12.2. The van der Waals surface area contributed by atoms with Gasteiger partial charge in [-0.25, -0.2) is 0 Å². The molecule has 2 unspecified atom stereocenters. The zero-order valence-corrected chi connectivity index (χ0v) is 13.7. The van der Waals surface area contributed by atoms with Gasteiger partial charge in [0.25, 0.3) is 0 Å². The van der Waals surface area contributed by atoms with Gasteiger partial charge in [-0.15, -0.1) is 0 Å². The van der Waals surface area contributed by atoms with Crippen molar-refractivity contribution in [2.24, 2.45) is 5.73 Å². The maximum absolute atomic E-state index is 12.2. The molecule has 0 bridgehead atoms. The van der Waals surface area contributed by atoms with Crippen LogP contribution in [0.1, 0.15) is 64.1 Å². The minimum Gasteiger partial charge on any atom is -0.334 e. The molecule has 0 spiro atoms. The third-order valence-corrected chi connectivity index (χ3v) is 4.34. The number of likely N-dealkylation sites (tertiary alicyclic amines) is 1. The summed E-state index contributed by atoms with van der Waals surface area (Å²) in [6.07, 6.45) is 2.33. The summed E-state index contributed by atoms with van der Waals surface area (Å²) in [6, 6.07) is 8.70. The highest BCUT2D eigenvalue weighted by Crippen LogP contribution is 2.32. The summed E-state index contributed by atoms with van der Waals surface area (Å²) in [6.45, 7) is 9.52. The zero-order valence-electron chi connectivity index (χ0n) is 13.7. The summed E-state index contributed by atoms with van der Waals surface area (Å²) >= 11 is 0. The monoisotopic (exact) mass is 288 g/mol. The SMILES string of the molecule is CCCN1C(=O)CCC(N)C1c1ccc(C(C)(C)C)cc1. The lowest BCUT2D eigenvalue weighted by Gasteiger charge is -2.40. The molecular formula is C18H28N2O. The standard InChI is InChI=1S/C18H28N2O/c1-5-12-20-16(21)11-10-15(19)17(20)13-6-8-14(9-7-13)18(2,3)4/h6-9,15,17H,5,10-12,19H2,1-4H3. The van der Waals surface area contributed by atoms with E-state index in [2.05, 4.69) is 52.0 Å². The van der Waals surface area contributed by atoms with E-state index in [4.69, 9.17) is 5.73 Å². The quantitative estimate of drug-likeness (QED) is 0.926. The van der Waals surface area contributed by atoms with Crippen molar-refractivity contribution in [3.8, 4) is 0 Å². The Morgan fingerprint density at radius 3 is 2.38 bits per heavy atom. The van der Waals surface area contributed by atoms with Crippen LogP contribution in [0.15, 0.2) is 24.3 Å². The molecule has 1 aliphatic heterocycles. The fourth-order valence-electron chi connectivity index (χ4n) is 3.09. The lowest BCUT2D eigenvalue weighted by molar-refractivity contribution is -0.137. The second kappa shape index (κ2) is 6.18. The van der Waals surface area contributed by atoms with Gasteiger partial charge in [0.15, 0.2) is 0 Å². The molecule has 1 heterocycles. The third-order valence-electron chi connectivity index (χ3n) is 4.34. The van der Waals surface area contributed by atoms with Crippen molar-refractivity contribution in [1.29, 1.82) is 0 Å².